The molecule has 0 spiro atoms. The number of alkyl halides is 4. The molecule has 7 aromatic rings. The highest BCUT2D eigenvalue weighted by atomic mass is 35.5. The third-order valence-electron chi connectivity index (χ3n) is 10.0. The molecular formula is C47H40Cl4F4N8O8. The van der Waals surface area contributed by atoms with E-state index in [2.05, 4.69) is 24.7 Å². The number of H-pyrrole nitrogens is 1. The predicted octanol–water partition coefficient (Wildman–Crippen LogP) is 12.1. The van der Waals surface area contributed by atoms with E-state index in [-0.39, 0.29) is 30.1 Å². The molecular weight excluding hydrogens is 1020 g/mol. The molecule has 8 rings (SSSR count). The summed E-state index contributed by atoms with van der Waals surface area (Å²) in [7, 11) is 5.41. The van der Waals surface area contributed by atoms with Gasteiger partial charge in [0.2, 0.25) is 5.88 Å². The second kappa shape index (κ2) is 23.7. The van der Waals surface area contributed by atoms with Crippen molar-refractivity contribution in [3.8, 4) is 40.3 Å². The Balaban J connectivity index is 0.000000178. The summed E-state index contributed by atoms with van der Waals surface area (Å²) in [5.41, 5.74) is 3.11. The monoisotopic (exact) mass is 1060 g/mol. The van der Waals surface area contributed by atoms with Crippen LogP contribution in [-0.2, 0) is 34.5 Å². The van der Waals surface area contributed by atoms with Crippen molar-refractivity contribution < 1.29 is 55.8 Å². The number of carbonyl (C=O) groups excluding carboxylic acids is 2. The SMILES string of the molecule is COC(=O)N(OC)c1ccccc1COc1ccn(-c2ccc(Cl)cc2)n1.CON(C(=O)c1cn(C)nc1C(F)F)C(C)Cc1c(Cl)cc(Cl)cc1Cl.N#Cc1c[nH]cc1-c1cccc2c1OC(F)(F)O2. The van der Waals surface area contributed by atoms with Gasteiger partial charge < -0.3 is 23.9 Å². The number of nitrogens with one attached hydrogen (secondary N) is 1. The number of nitrogens with zero attached hydrogens (tertiary/aromatic N) is 7. The maximum Gasteiger partial charge on any atom is 0.586 e. The van der Waals surface area contributed by atoms with Crippen molar-refractivity contribution in [3.05, 3.63) is 158 Å². The highest BCUT2D eigenvalue weighted by Gasteiger charge is 2.44. The molecule has 16 nitrogen and oxygen atoms in total. The number of hydroxylamine groups is 3. The van der Waals surface area contributed by atoms with E-state index in [9.17, 15) is 27.2 Å². The summed E-state index contributed by atoms with van der Waals surface area (Å²) in [6.07, 6.45) is -0.886. The molecule has 1 N–H and O–H groups in total. The van der Waals surface area contributed by atoms with Crippen LogP contribution >= 0.6 is 46.4 Å². The van der Waals surface area contributed by atoms with Crippen LogP contribution in [0, 0.1) is 11.3 Å². The van der Waals surface area contributed by atoms with Gasteiger partial charge in [0.25, 0.3) is 12.3 Å². The molecule has 0 aliphatic carbocycles. The molecule has 71 heavy (non-hydrogen) atoms. The van der Waals surface area contributed by atoms with E-state index in [1.54, 1.807) is 66.5 Å². The molecule has 3 aromatic heterocycles. The second-order valence-electron chi connectivity index (χ2n) is 14.8. The number of benzene rings is 4. The predicted molar refractivity (Wildman–Crippen MR) is 254 cm³/mol. The lowest BCUT2D eigenvalue weighted by atomic mass is 10.0. The zero-order valence-electron chi connectivity index (χ0n) is 37.9. The van der Waals surface area contributed by atoms with Gasteiger partial charge in [0, 0.05) is 74.7 Å². The van der Waals surface area contributed by atoms with Crippen molar-refractivity contribution >= 4 is 64.1 Å². The van der Waals surface area contributed by atoms with Crippen LogP contribution in [0.15, 0.2) is 110 Å². The lowest BCUT2D eigenvalue weighted by Crippen LogP contribution is -2.39. The molecule has 0 saturated carbocycles. The number of aryl methyl sites for hydroxylation is 1. The van der Waals surface area contributed by atoms with E-state index in [0.717, 1.165) is 26.1 Å². The van der Waals surface area contributed by atoms with Crippen molar-refractivity contribution in [1.29, 1.82) is 5.26 Å². The molecule has 1 aliphatic heterocycles. The van der Waals surface area contributed by atoms with E-state index in [1.807, 2.05) is 30.3 Å². The molecule has 1 aliphatic rings. The van der Waals surface area contributed by atoms with Crippen molar-refractivity contribution in [2.24, 2.45) is 7.05 Å². The summed E-state index contributed by atoms with van der Waals surface area (Å²) in [5.74, 6) is -0.382. The quantitative estimate of drug-likeness (QED) is 0.0861. The van der Waals surface area contributed by atoms with E-state index in [4.69, 9.17) is 70.8 Å². The van der Waals surface area contributed by atoms with Gasteiger partial charge in [-0.1, -0.05) is 76.7 Å². The van der Waals surface area contributed by atoms with Gasteiger partial charge in [-0.25, -0.2) is 23.3 Å². The van der Waals surface area contributed by atoms with Gasteiger partial charge >= 0.3 is 12.4 Å². The normalized spacial score (nSPS) is 12.5. The Morgan fingerprint density at radius 2 is 1.59 bits per heavy atom. The standard InChI is InChI=1S/C19H18ClN3O4.C16H16Cl3F2N3O2.C12H6F2N2O2/c1-25-19(24)23(26-2)17-6-4-3-5-14(17)13-27-18-11-12-22(21-18)16-9-7-15(20)8-10-16;1-8(4-10-12(18)5-9(17)6-13(10)19)24(26-3)16(25)11-7-23(2)22-14(11)15(20)21;13-12(14)17-10-3-1-2-8(11(10)18-12)9-6-16-5-7(9)4-15/h3-12H,13H2,1-2H3;5-8,15H,4H2,1-3H3;1-3,5-6,16H. The maximum absolute atomic E-state index is 13.1. The van der Waals surface area contributed by atoms with Crippen LogP contribution in [0.1, 0.15) is 46.1 Å². The van der Waals surface area contributed by atoms with Gasteiger partial charge in [-0.15, -0.1) is 13.9 Å². The fourth-order valence-electron chi connectivity index (χ4n) is 6.88. The molecule has 0 saturated heterocycles. The molecule has 4 aromatic carbocycles. The van der Waals surface area contributed by atoms with Gasteiger partial charge in [-0.3, -0.25) is 19.2 Å². The average molecular weight is 1060 g/mol. The summed E-state index contributed by atoms with van der Waals surface area (Å²) in [4.78, 5) is 37.6. The number of halogens is 8. The first-order chi connectivity index (χ1) is 33.9. The number of amides is 2. The van der Waals surface area contributed by atoms with E-state index < -0.39 is 36.5 Å². The lowest BCUT2D eigenvalue weighted by Gasteiger charge is -2.27. The molecule has 1 atom stereocenters. The Labute approximate surface area is 423 Å². The maximum atomic E-state index is 13.1. The van der Waals surface area contributed by atoms with Gasteiger partial charge in [0.1, 0.15) is 18.4 Å². The minimum Gasteiger partial charge on any atom is -0.472 e. The minimum absolute atomic E-state index is 0.0393. The van der Waals surface area contributed by atoms with Gasteiger partial charge in [0.05, 0.1) is 49.9 Å². The fraction of sp³-hybridized carbons (Fsp3) is 0.213. The summed E-state index contributed by atoms with van der Waals surface area (Å²) < 4.78 is 74.5. The number of anilines is 1. The number of aromatic nitrogens is 5. The van der Waals surface area contributed by atoms with Crippen LogP contribution in [-0.4, -0.2) is 75.3 Å². The van der Waals surface area contributed by atoms with Crippen LogP contribution in [0.5, 0.6) is 17.4 Å². The summed E-state index contributed by atoms with van der Waals surface area (Å²) in [5, 5.41) is 20.7. The fourth-order valence-corrected chi connectivity index (χ4v) is 7.98. The first-order valence-corrected chi connectivity index (χ1v) is 22.1. The van der Waals surface area contributed by atoms with Crippen LogP contribution in [0.2, 0.25) is 20.1 Å². The number of hydrogen-bond acceptors (Lipinski definition) is 11. The number of fused-ring (bicyclic) bond motifs is 1. The Morgan fingerprint density at radius 1 is 0.887 bits per heavy atom. The number of aromatic amines is 1. The largest absolute Gasteiger partial charge is 0.586 e. The highest BCUT2D eigenvalue weighted by Crippen LogP contribution is 2.47. The van der Waals surface area contributed by atoms with Crippen LogP contribution in [0.25, 0.3) is 16.8 Å². The molecule has 1 unspecified atom stereocenters. The van der Waals surface area contributed by atoms with Crippen molar-refractivity contribution in [2.45, 2.75) is 38.7 Å². The van der Waals surface area contributed by atoms with E-state index in [0.29, 0.717) is 53.9 Å². The number of ether oxygens (including phenoxy) is 4. The average Bonchev–Trinajstić information content (AvgIpc) is 4.16. The molecule has 2 amide bonds. The minimum atomic E-state index is -3.67. The third-order valence-corrected chi connectivity index (χ3v) is 11.2. The Bertz CT molecular complexity index is 3000. The van der Waals surface area contributed by atoms with Crippen molar-refractivity contribution in [2.75, 3.05) is 26.4 Å². The zero-order valence-corrected chi connectivity index (χ0v) is 40.9. The second-order valence-corrected chi connectivity index (χ2v) is 16.4. The molecule has 0 radical (unpaired) electrons. The van der Waals surface area contributed by atoms with Crippen LogP contribution in [0.3, 0.4) is 0 Å². The molecule has 0 fully saturated rings. The number of para-hydroxylation sites is 2. The van der Waals surface area contributed by atoms with Crippen LogP contribution in [0.4, 0.5) is 28.0 Å². The molecule has 372 valence electrons. The Kier molecular flexibility index (Phi) is 17.8. The highest BCUT2D eigenvalue weighted by molar-refractivity contribution is 6.39. The molecule has 4 heterocycles. The van der Waals surface area contributed by atoms with Gasteiger partial charge in [0.15, 0.2) is 11.5 Å². The summed E-state index contributed by atoms with van der Waals surface area (Å²) in [6.45, 7) is 1.88. The summed E-state index contributed by atoms with van der Waals surface area (Å²) in [6, 6.07) is 25.3. The molecule has 24 heteroatoms. The van der Waals surface area contributed by atoms with E-state index >= 15 is 0 Å². The first kappa shape index (κ1) is 53.4. The lowest BCUT2D eigenvalue weighted by molar-refractivity contribution is -0.286. The number of methoxy groups -OCH3 is 1. The number of carbonyl (C=O) groups is 2. The topological polar surface area (TPSA) is 171 Å². The number of rotatable bonds is 13. The third kappa shape index (κ3) is 13.1. The zero-order chi connectivity index (χ0) is 51.6. The number of hydrogen-bond donors (Lipinski definition) is 1. The van der Waals surface area contributed by atoms with Gasteiger partial charge in [-0.05, 0) is 67.4 Å². The number of nitriles is 1. The smallest absolute Gasteiger partial charge is 0.472 e. The van der Waals surface area contributed by atoms with Crippen molar-refractivity contribution in [3.63, 3.8) is 0 Å². The Hall–Kier alpha value is -6.99. The van der Waals surface area contributed by atoms with Gasteiger partial charge in [-0.2, -0.15) is 15.4 Å². The van der Waals surface area contributed by atoms with Crippen LogP contribution < -0.4 is 19.3 Å². The Morgan fingerprint density at radius 3 is 2.24 bits per heavy atom. The van der Waals surface area contributed by atoms with Crippen molar-refractivity contribution in [1.82, 2.24) is 29.6 Å². The molecule has 0 bridgehead atoms. The first-order valence-electron chi connectivity index (χ1n) is 20.6. The summed E-state index contributed by atoms with van der Waals surface area (Å²) >= 11 is 24.1. The van der Waals surface area contributed by atoms with E-state index in [1.165, 1.54) is 59.0 Å².